The number of hydrogen-bond donors (Lipinski definition) is 2. The maximum atomic E-state index is 12.3. The van der Waals surface area contributed by atoms with Crippen LogP contribution in [0.25, 0.3) is 0 Å². The summed E-state index contributed by atoms with van der Waals surface area (Å²) in [5.74, 6) is 5.80. The van der Waals surface area contributed by atoms with Gasteiger partial charge in [-0.25, -0.2) is 10.6 Å². The Bertz CT molecular complexity index is 529. The molecule has 7 heteroatoms. The van der Waals surface area contributed by atoms with Crippen molar-refractivity contribution in [2.45, 2.75) is 45.2 Å². The average Bonchev–Trinajstić information content (AvgIpc) is 3.01. The summed E-state index contributed by atoms with van der Waals surface area (Å²) in [6.45, 7) is 1.81. The van der Waals surface area contributed by atoms with Gasteiger partial charge in [0.2, 0.25) is 5.91 Å². The largest absolute Gasteiger partial charge is 0.334 e. The molecule has 23 heavy (non-hydrogen) atoms. The van der Waals surface area contributed by atoms with E-state index in [1.165, 1.54) is 24.8 Å². The number of nitrogens with two attached hydrogens (primary N) is 1. The molecule has 3 N–H and O–H groups in total. The predicted molar refractivity (Wildman–Crippen MR) is 93.1 cm³/mol. The van der Waals surface area contributed by atoms with E-state index in [1.807, 2.05) is 19.2 Å². The quantitative estimate of drug-likeness (QED) is 0.502. The number of nitrogens with zero attached hydrogens (tertiary/aromatic N) is 2. The molecule has 1 aromatic carbocycles. The van der Waals surface area contributed by atoms with Crippen LogP contribution in [0.3, 0.4) is 0 Å². The van der Waals surface area contributed by atoms with E-state index in [0.717, 1.165) is 24.1 Å². The summed E-state index contributed by atoms with van der Waals surface area (Å²) >= 11 is 0. The van der Waals surface area contributed by atoms with Crippen LogP contribution in [0.1, 0.15) is 38.2 Å². The first-order valence-electron chi connectivity index (χ1n) is 7.63. The Balaban J connectivity index is 0.00000264. The molecule has 1 fully saturated rings. The third-order valence-corrected chi connectivity index (χ3v) is 4.05. The van der Waals surface area contributed by atoms with Gasteiger partial charge >= 0.3 is 6.03 Å². The van der Waals surface area contributed by atoms with Gasteiger partial charge in [0.15, 0.2) is 0 Å². The maximum Gasteiger partial charge on any atom is 0.334 e. The van der Waals surface area contributed by atoms with Crippen molar-refractivity contribution >= 4 is 30.0 Å². The second-order valence-corrected chi connectivity index (χ2v) is 5.84. The number of hydrazine groups is 1. The summed E-state index contributed by atoms with van der Waals surface area (Å²) in [7, 11) is 1.82. The van der Waals surface area contributed by atoms with Crippen molar-refractivity contribution in [2.75, 3.05) is 12.4 Å². The number of hydrogen-bond acceptors (Lipinski definition) is 3. The third kappa shape index (κ3) is 5.41. The zero-order chi connectivity index (χ0) is 16.1. The van der Waals surface area contributed by atoms with Crippen molar-refractivity contribution in [2.24, 2.45) is 5.84 Å². The van der Waals surface area contributed by atoms with E-state index >= 15 is 0 Å². The fourth-order valence-electron chi connectivity index (χ4n) is 2.81. The van der Waals surface area contributed by atoms with Gasteiger partial charge in [-0.1, -0.05) is 25.0 Å². The van der Waals surface area contributed by atoms with E-state index in [-0.39, 0.29) is 24.3 Å². The lowest BCUT2D eigenvalue weighted by Gasteiger charge is -2.29. The van der Waals surface area contributed by atoms with Gasteiger partial charge in [0.05, 0.1) is 6.54 Å². The number of rotatable bonds is 4. The molecule has 128 valence electrons. The first kappa shape index (κ1) is 19.3. The Kier molecular flexibility index (Phi) is 7.32. The minimum atomic E-state index is -0.155. The lowest BCUT2D eigenvalue weighted by atomic mass is 10.2. The Labute approximate surface area is 143 Å². The highest BCUT2D eigenvalue weighted by molar-refractivity contribution is 5.88. The number of amides is 3. The van der Waals surface area contributed by atoms with Crippen LogP contribution in [0.5, 0.6) is 0 Å². The van der Waals surface area contributed by atoms with E-state index < -0.39 is 0 Å². The van der Waals surface area contributed by atoms with Crippen molar-refractivity contribution in [3.05, 3.63) is 29.8 Å². The SMILES string of the molecule is CC(=O)Nc1ccc(CN(N)C(=O)N(C)C2CCCC2)cc1.Cl. The lowest BCUT2D eigenvalue weighted by molar-refractivity contribution is -0.114. The molecule has 1 saturated carbocycles. The van der Waals surface area contributed by atoms with Crippen LogP contribution in [-0.4, -0.2) is 34.9 Å². The molecule has 2 rings (SSSR count). The average molecular weight is 341 g/mol. The normalized spacial score (nSPS) is 14.0. The minimum Gasteiger partial charge on any atom is -0.326 e. The zero-order valence-electron chi connectivity index (χ0n) is 13.6. The number of anilines is 1. The van der Waals surface area contributed by atoms with Gasteiger partial charge in [0, 0.05) is 25.7 Å². The molecule has 0 spiro atoms. The molecule has 1 aliphatic rings. The van der Waals surface area contributed by atoms with E-state index in [4.69, 9.17) is 5.84 Å². The van der Waals surface area contributed by atoms with E-state index in [9.17, 15) is 9.59 Å². The third-order valence-electron chi connectivity index (χ3n) is 4.05. The summed E-state index contributed by atoms with van der Waals surface area (Å²) in [5, 5.41) is 3.95. The zero-order valence-corrected chi connectivity index (χ0v) is 14.4. The van der Waals surface area contributed by atoms with E-state index in [0.29, 0.717) is 12.6 Å². The molecule has 0 unspecified atom stereocenters. The molecule has 0 radical (unpaired) electrons. The highest BCUT2D eigenvalue weighted by Gasteiger charge is 2.25. The van der Waals surface area contributed by atoms with Crippen LogP contribution in [0, 0.1) is 0 Å². The number of halogens is 1. The number of benzene rings is 1. The van der Waals surface area contributed by atoms with Gasteiger partial charge in [-0.3, -0.25) is 9.80 Å². The van der Waals surface area contributed by atoms with E-state index in [1.54, 1.807) is 17.0 Å². The fraction of sp³-hybridized carbons (Fsp3) is 0.500. The topological polar surface area (TPSA) is 78.7 Å². The van der Waals surface area contributed by atoms with Crippen molar-refractivity contribution in [3.63, 3.8) is 0 Å². The van der Waals surface area contributed by atoms with Gasteiger partial charge in [0.25, 0.3) is 0 Å². The summed E-state index contributed by atoms with van der Waals surface area (Å²) in [5.41, 5.74) is 1.65. The predicted octanol–water partition coefficient (Wildman–Crippen LogP) is 2.74. The monoisotopic (exact) mass is 340 g/mol. The summed E-state index contributed by atoms with van der Waals surface area (Å²) in [6.07, 6.45) is 4.47. The Morgan fingerprint density at radius 2 is 1.78 bits per heavy atom. The molecule has 0 saturated heterocycles. The Morgan fingerprint density at radius 1 is 1.22 bits per heavy atom. The van der Waals surface area contributed by atoms with Crippen LogP contribution < -0.4 is 11.2 Å². The van der Waals surface area contributed by atoms with Gasteiger partial charge in [-0.2, -0.15) is 0 Å². The van der Waals surface area contributed by atoms with Crippen LogP contribution >= 0.6 is 12.4 Å². The molecule has 1 aromatic rings. The Morgan fingerprint density at radius 3 is 2.30 bits per heavy atom. The van der Waals surface area contributed by atoms with E-state index in [2.05, 4.69) is 5.32 Å². The van der Waals surface area contributed by atoms with Crippen LogP contribution in [0.2, 0.25) is 0 Å². The lowest BCUT2D eigenvalue weighted by Crippen LogP contribution is -2.48. The number of carbonyl (C=O) groups excluding carboxylic acids is 2. The number of urea groups is 1. The molecule has 1 aliphatic carbocycles. The molecule has 0 aliphatic heterocycles. The number of carbonyl (C=O) groups is 2. The van der Waals surface area contributed by atoms with Gasteiger partial charge in [-0.15, -0.1) is 12.4 Å². The minimum absolute atomic E-state index is 0. The summed E-state index contributed by atoms with van der Waals surface area (Å²) in [4.78, 5) is 25.0. The second kappa shape index (κ2) is 8.74. The smallest absolute Gasteiger partial charge is 0.326 e. The van der Waals surface area contributed by atoms with Crippen LogP contribution in [-0.2, 0) is 11.3 Å². The van der Waals surface area contributed by atoms with Crippen molar-refractivity contribution in [3.8, 4) is 0 Å². The first-order chi connectivity index (χ1) is 10.5. The van der Waals surface area contributed by atoms with Crippen molar-refractivity contribution in [1.82, 2.24) is 9.91 Å². The first-order valence-corrected chi connectivity index (χ1v) is 7.63. The molecule has 6 nitrogen and oxygen atoms in total. The van der Waals surface area contributed by atoms with Crippen LogP contribution in [0.15, 0.2) is 24.3 Å². The molecule has 0 bridgehead atoms. The van der Waals surface area contributed by atoms with Gasteiger partial charge < -0.3 is 10.2 Å². The van der Waals surface area contributed by atoms with Gasteiger partial charge in [0.1, 0.15) is 0 Å². The molecule has 0 atom stereocenters. The molecule has 0 heterocycles. The molecular formula is C16H25ClN4O2. The molecule has 0 aromatic heterocycles. The highest BCUT2D eigenvalue weighted by atomic mass is 35.5. The Hall–Kier alpha value is -1.79. The highest BCUT2D eigenvalue weighted by Crippen LogP contribution is 2.23. The fourth-order valence-corrected chi connectivity index (χ4v) is 2.81. The standard InChI is InChI=1S/C16H24N4O2.ClH/c1-12(21)18-14-9-7-13(8-10-14)11-20(17)16(22)19(2)15-5-3-4-6-15;/h7-10,15H,3-6,11,17H2,1-2H3,(H,18,21);1H. The van der Waals surface area contributed by atoms with Gasteiger partial charge in [-0.05, 0) is 30.5 Å². The molecule has 3 amide bonds. The molecular weight excluding hydrogens is 316 g/mol. The van der Waals surface area contributed by atoms with Crippen molar-refractivity contribution < 1.29 is 9.59 Å². The van der Waals surface area contributed by atoms with Crippen LogP contribution in [0.4, 0.5) is 10.5 Å². The van der Waals surface area contributed by atoms with Crippen molar-refractivity contribution in [1.29, 1.82) is 0 Å². The summed E-state index contributed by atoms with van der Waals surface area (Å²) in [6, 6.07) is 7.46. The number of nitrogens with one attached hydrogen (secondary N) is 1. The maximum absolute atomic E-state index is 12.3. The summed E-state index contributed by atoms with van der Waals surface area (Å²) < 4.78 is 0. The second-order valence-electron chi connectivity index (χ2n) is 5.84.